The molecule has 1 N–H and O–H groups in total. The third-order valence-electron chi connectivity index (χ3n) is 1.88. The Morgan fingerprint density at radius 1 is 1.47 bits per heavy atom. The van der Waals surface area contributed by atoms with Crippen LogP contribution in [0.25, 0.3) is 0 Å². The van der Waals surface area contributed by atoms with Crippen LogP contribution >= 0.6 is 0 Å². The predicted octanol–water partition coefficient (Wildman–Crippen LogP) is -0.303. The van der Waals surface area contributed by atoms with Crippen molar-refractivity contribution in [1.82, 2.24) is 10.3 Å². The van der Waals surface area contributed by atoms with Crippen molar-refractivity contribution in [2.75, 3.05) is 13.6 Å². The minimum absolute atomic E-state index is 0. The molecule has 1 rings (SSSR count). The maximum Gasteiger partial charge on any atom is 0.197 e. The van der Waals surface area contributed by atoms with E-state index in [1.807, 2.05) is 0 Å². The Morgan fingerprint density at radius 2 is 2.07 bits per heavy atom. The molecule has 1 aliphatic rings. The largest absolute Gasteiger partial charge is 0.330 e. The van der Waals surface area contributed by atoms with E-state index in [0.717, 1.165) is 4.90 Å². The number of hydrogen-bond donors (Lipinski definition) is 1. The monoisotopic (exact) mass is 283 g/mol. The number of carbonyl (C=O) groups is 2. The summed E-state index contributed by atoms with van der Waals surface area (Å²) in [6.07, 6.45) is 2.56. The first-order valence-electron chi connectivity index (χ1n) is 4.33. The van der Waals surface area contributed by atoms with E-state index in [1.54, 1.807) is 20.9 Å². The van der Waals surface area contributed by atoms with Gasteiger partial charge in [-0.1, -0.05) is 6.92 Å². The normalized spacial score (nSPS) is 18.7. The average molecular weight is 283 g/mol. The third-order valence-corrected chi connectivity index (χ3v) is 1.88. The third kappa shape index (κ3) is 2.95. The van der Waals surface area contributed by atoms with E-state index in [0.29, 0.717) is 12.1 Å². The van der Waals surface area contributed by atoms with E-state index in [9.17, 15) is 9.59 Å². The molecule has 0 aromatic carbocycles. The van der Waals surface area contributed by atoms with Crippen molar-refractivity contribution in [2.45, 2.75) is 13.8 Å². The van der Waals surface area contributed by atoms with Gasteiger partial charge in [0, 0.05) is 46.3 Å². The van der Waals surface area contributed by atoms with Crippen molar-refractivity contribution in [1.29, 1.82) is 0 Å². The molecule has 2 amide bonds. The van der Waals surface area contributed by atoms with Crippen LogP contribution < -0.4 is 5.43 Å². The smallest absolute Gasteiger partial charge is 0.197 e. The zero-order valence-electron chi connectivity index (χ0n) is 9.00. The maximum atomic E-state index is 11.6. The molecule has 1 aliphatic heterocycles. The summed E-state index contributed by atoms with van der Waals surface area (Å²) in [6, 6.07) is 0. The molecule has 0 aliphatic carbocycles. The van der Waals surface area contributed by atoms with E-state index in [4.69, 9.17) is 0 Å². The van der Waals surface area contributed by atoms with Crippen molar-refractivity contribution >= 4 is 17.5 Å². The standard InChI is InChI=1S/C9H12N3O2.Y/c1-4-12-7(13)5-6(2)8(9(12)14)11-10-3;/h10H,4H2,1-3H3;/q-1;/b11-8+;. The Labute approximate surface area is 114 Å². The molecule has 0 saturated heterocycles. The van der Waals surface area contributed by atoms with Crippen LogP contribution in [0, 0.1) is 6.08 Å². The Bertz CT molecular complexity index is 336. The second kappa shape index (κ2) is 6.13. The number of imide groups is 1. The first-order chi connectivity index (χ1) is 6.61. The Kier molecular flexibility index (Phi) is 5.90. The van der Waals surface area contributed by atoms with E-state index in [1.165, 1.54) is 0 Å². The average Bonchev–Trinajstić information content (AvgIpc) is 2.12. The van der Waals surface area contributed by atoms with Crippen molar-refractivity contribution in [3.8, 4) is 0 Å². The number of nitrogens with zero attached hydrogens (tertiary/aromatic N) is 2. The summed E-state index contributed by atoms with van der Waals surface area (Å²) >= 11 is 0. The summed E-state index contributed by atoms with van der Waals surface area (Å²) < 4.78 is 0. The minimum atomic E-state index is -0.398. The topological polar surface area (TPSA) is 61.8 Å². The molecule has 0 aromatic rings. The number of hydrazone groups is 1. The van der Waals surface area contributed by atoms with Gasteiger partial charge in [0.15, 0.2) is 11.8 Å². The molecule has 0 bridgehead atoms. The van der Waals surface area contributed by atoms with Gasteiger partial charge in [-0.3, -0.25) is 14.7 Å². The Morgan fingerprint density at radius 3 is 2.53 bits per heavy atom. The van der Waals surface area contributed by atoms with Gasteiger partial charge in [-0.2, -0.15) is 11.6 Å². The molecule has 79 valence electrons. The van der Waals surface area contributed by atoms with Crippen LogP contribution in [-0.2, 0) is 42.3 Å². The van der Waals surface area contributed by atoms with Crippen LogP contribution in [-0.4, -0.2) is 36.0 Å². The zero-order valence-corrected chi connectivity index (χ0v) is 11.8. The number of nitrogens with one attached hydrogen (secondary N) is 1. The number of hydrogen-bond acceptors (Lipinski definition) is 4. The van der Waals surface area contributed by atoms with Crippen LogP contribution in [0.3, 0.4) is 0 Å². The predicted molar refractivity (Wildman–Crippen MR) is 51.3 cm³/mol. The van der Waals surface area contributed by atoms with E-state index in [2.05, 4.69) is 16.6 Å². The fourth-order valence-electron chi connectivity index (χ4n) is 1.20. The van der Waals surface area contributed by atoms with Gasteiger partial charge >= 0.3 is 0 Å². The molecule has 0 atom stereocenters. The van der Waals surface area contributed by atoms with Gasteiger partial charge in [-0.25, -0.2) is 0 Å². The molecule has 0 saturated carbocycles. The second-order valence-electron chi connectivity index (χ2n) is 2.79. The van der Waals surface area contributed by atoms with Crippen molar-refractivity contribution in [3.63, 3.8) is 0 Å². The molecule has 0 spiro atoms. The Balaban J connectivity index is 0.00000196. The van der Waals surface area contributed by atoms with Gasteiger partial charge in [-0.05, 0) is 12.6 Å². The van der Waals surface area contributed by atoms with Crippen LogP contribution in [0.4, 0.5) is 0 Å². The van der Waals surface area contributed by atoms with Crippen molar-refractivity contribution in [3.05, 3.63) is 11.6 Å². The van der Waals surface area contributed by atoms with Crippen LogP contribution in [0.15, 0.2) is 10.7 Å². The fraction of sp³-hybridized carbons (Fsp3) is 0.444. The number of rotatable bonds is 2. The summed E-state index contributed by atoms with van der Waals surface area (Å²) in [6.45, 7) is 3.70. The molecule has 6 heteroatoms. The van der Waals surface area contributed by atoms with Gasteiger partial charge in [0.05, 0.1) is 0 Å². The molecule has 0 fully saturated rings. The molecular weight excluding hydrogens is 271 g/mol. The Hall–Kier alpha value is -0.546. The van der Waals surface area contributed by atoms with Gasteiger partial charge in [0.25, 0.3) is 0 Å². The molecule has 0 aromatic heterocycles. The van der Waals surface area contributed by atoms with Crippen molar-refractivity contribution < 1.29 is 42.3 Å². The quantitative estimate of drug-likeness (QED) is 0.430. The summed E-state index contributed by atoms with van der Waals surface area (Å²) in [7, 11) is 1.60. The van der Waals surface area contributed by atoms with Gasteiger partial charge in [0.2, 0.25) is 0 Å². The second-order valence-corrected chi connectivity index (χ2v) is 2.79. The summed E-state index contributed by atoms with van der Waals surface area (Å²) in [5.74, 6) is -0.770. The van der Waals surface area contributed by atoms with Crippen LogP contribution in [0.5, 0.6) is 0 Å². The molecule has 15 heavy (non-hydrogen) atoms. The van der Waals surface area contributed by atoms with Crippen molar-refractivity contribution in [2.24, 2.45) is 5.10 Å². The fourth-order valence-corrected chi connectivity index (χ4v) is 1.20. The first-order valence-corrected chi connectivity index (χ1v) is 4.33. The van der Waals surface area contributed by atoms with Crippen LogP contribution in [0.1, 0.15) is 13.8 Å². The van der Waals surface area contributed by atoms with E-state index < -0.39 is 5.91 Å². The summed E-state index contributed by atoms with van der Waals surface area (Å²) in [4.78, 5) is 24.0. The first kappa shape index (κ1) is 14.5. The molecular formula is C9H12N3O2Y-. The SMILES string of the molecule is CCN1C(=O)[C-]=C(C)/C(=N\NC)C1=O.[Y]. The molecule has 1 heterocycles. The number of amides is 2. The summed E-state index contributed by atoms with van der Waals surface area (Å²) in [5, 5.41) is 3.80. The van der Waals surface area contributed by atoms with E-state index in [-0.39, 0.29) is 44.3 Å². The molecule has 0 unspecified atom stereocenters. The van der Waals surface area contributed by atoms with Gasteiger partial charge < -0.3 is 10.3 Å². The number of carbonyl (C=O) groups excluding carboxylic acids is 2. The maximum absolute atomic E-state index is 11.6. The van der Waals surface area contributed by atoms with E-state index >= 15 is 0 Å². The molecule has 1 radical (unpaired) electrons. The molecule has 5 nitrogen and oxygen atoms in total. The van der Waals surface area contributed by atoms with Gasteiger partial charge in [0.1, 0.15) is 0 Å². The zero-order chi connectivity index (χ0) is 10.7. The summed E-state index contributed by atoms with van der Waals surface area (Å²) in [5.41, 5.74) is 3.24. The number of likely N-dealkylation sites (N-methyl/N-ethyl adjacent to an activating group) is 1. The van der Waals surface area contributed by atoms with Gasteiger partial charge in [-0.15, -0.1) is 0 Å². The van der Waals surface area contributed by atoms with Crippen LogP contribution in [0.2, 0.25) is 0 Å². The minimum Gasteiger partial charge on any atom is -0.330 e.